The van der Waals surface area contributed by atoms with Gasteiger partial charge in [-0.1, -0.05) is 97.0 Å². The van der Waals surface area contributed by atoms with E-state index >= 15 is 0 Å². The van der Waals surface area contributed by atoms with Crippen molar-refractivity contribution in [2.45, 2.75) is 0 Å². The van der Waals surface area contributed by atoms with Crippen LogP contribution in [-0.2, 0) is 0 Å². The molecule has 0 fully saturated rings. The number of anilines is 3. The van der Waals surface area contributed by atoms with Gasteiger partial charge < -0.3 is 4.90 Å². The maximum absolute atomic E-state index is 9.29. The van der Waals surface area contributed by atoms with Gasteiger partial charge in [-0.05, 0) is 81.2 Å². The fraction of sp³-hybridized carbons (Fsp3) is 0. The van der Waals surface area contributed by atoms with Crippen molar-refractivity contribution >= 4 is 50.7 Å². The molecule has 0 bridgehead atoms. The molecule has 6 rings (SSSR count). The van der Waals surface area contributed by atoms with Gasteiger partial charge in [-0.25, -0.2) is 0 Å². The highest BCUT2D eigenvalue weighted by molar-refractivity contribution is 5.93. The van der Waals surface area contributed by atoms with Gasteiger partial charge in [0.1, 0.15) is 0 Å². The van der Waals surface area contributed by atoms with Crippen LogP contribution in [0.25, 0.3) is 33.6 Å². The van der Waals surface area contributed by atoms with Gasteiger partial charge in [0.25, 0.3) is 0 Å². The third-order valence-electron chi connectivity index (χ3n) is 6.50. The first-order chi connectivity index (χ1) is 19.1. The second-order valence-corrected chi connectivity index (χ2v) is 8.85. The first-order valence-electron chi connectivity index (χ1n) is 13.2. The molecule has 174 valence electrons. The molecular formula is C35H24N2. The normalized spacial score (nSPS) is 12.4. The molecule has 0 spiro atoms. The Morgan fingerprint density at radius 3 is 1.95 bits per heavy atom. The predicted octanol–water partition coefficient (Wildman–Crippen LogP) is 9.50. The van der Waals surface area contributed by atoms with Crippen LogP contribution < -0.4 is 4.90 Å². The van der Waals surface area contributed by atoms with Crippen LogP contribution in [0.15, 0.2) is 133 Å². The average Bonchev–Trinajstić information content (AvgIpc) is 3.01. The highest BCUT2D eigenvalue weighted by Gasteiger charge is 2.13. The summed E-state index contributed by atoms with van der Waals surface area (Å²) in [5.74, 6) is 0. The standard InChI is InChI=1S/C35H24N2/c36-25-27-15-21-33(22-16-27)37(34-23-18-28-6-1-2-8-31(28)24-34)32-19-13-26(14-20-32)12-17-30-10-5-9-29-7-3-4-11-35(29)30/h1-24H/b17-12+/i12D,17D. The van der Waals surface area contributed by atoms with Gasteiger partial charge in [0.15, 0.2) is 0 Å². The van der Waals surface area contributed by atoms with E-state index in [0.29, 0.717) is 11.1 Å². The van der Waals surface area contributed by atoms with E-state index in [0.717, 1.165) is 44.2 Å². The van der Waals surface area contributed by atoms with Crippen LogP contribution in [0.1, 0.15) is 19.4 Å². The summed E-state index contributed by atoms with van der Waals surface area (Å²) < 4.78 is 17.6. The van der Waals surface area contributed by atoms with E-state index in [1.54, 1.807) is 0 Å². The molecule has 0 saturated carbocycles. The minimum absolute atomic E-state index is 0.175. The van der Waals surface area contributed by atoms with Crippen molar-refractivity contribution in [1.29, 1.82) is 5.26 Å². The fourth-order valence-corrected chi connectivity index (χ4v) is 4.62. The van der Waals surface area contributed by atoms with Crippen molar-refractivity contribution in [2.24, 2.45) is 0 Å². The zero-order chi connectivity index (χ0) is 26.8. The predicted molar refractivity (Wildman–Crippen MR) is 156 cm³/mol. The lowest BCUT2D eigenvalue weighted by Gasteiger charge is -2.26. The van der Waals surface area contributed by atoms with Gasteiger partial charge in [-0.3, -0.25) is 0 Å². The molecule has 6 aromatic rings. The van der Waals surface area contributed by atoms with Crippen molar-refractivity contribution in [1.82, 2.24) is 0 Å². The lowest BCUT2D eigenvalue weighted by molar-refractivity contribution is 1.28. The van der Waals surface area contributed by atoms with Gasteiger partial charge in [-0.2, -0.15) is 5.26 Å². The van der Waals surface area contributed by atoms with E-state index in [9.17, 15) is 5.26 Å². The highest BCUT2D eigenvalue weighted by Crippen LogP contribution is 2.36. The Hall–Kier alpha value is -5.13. The summed E-state index contributed by atoms with van der Waals surface area (Å²) in [5, 5.41) is 13.6. The SMILES string of the molecule is [2H]/C(=C(/[2H])c1cccc2ccccc12)c1ccc(N(c2ccc(C#N)cc2)c2ccc3ccccc3c2)cc1. The first kappa shape index (κ1) is 20.1. The molecule has 0 heterocycles. The summed E-state index contributed by atoms with van der Waals surface area (Å²) in [7, 11) is 0. The summed E-state index contributed by atoms with van der Waals surface area (Å²) in [6, 6.07) is 46.3. The summed E-state index contributed by atoms with van der Waals surface area (Å²) >= 11 is 0. The van der Waals surface area contributed by atoms with E-state index < -0.39 is 0 Å². The second-order valence-electron chi connectivity index (χ2n) is 8.85. The van der Waals surface area contributed by atoms with Gasteiger partial charge in [0.05, 0.1) is 14.4 Å². The molecule has 2 nitrogen and oxygen atoms in total. The van der Waals surface area contributed by atoms with E-state index in [2.05, 4.69) is 41.3 Å². The monoisotopic (exact) mass is 474 g/mol. The Morgan fingerprint density at radius 1 is 0.568 bits per heavy atom. The number of hydrogen-bond acceptors (Lipinski definition) is 2. The molecule has 0 atom stereocenters. The van der Waals surface area contributed by atoms with Crippen LogP contribution in [0, 0.1) is 11.3 Å². The maximum Gasteiger partial charge on any atom is 0.0991 e. The quantitative estimate of drug-likeness (QED) is 0.233. The molecule has 0 amide bonds. The summed E-state index contributed by atoms with van der Waals surface area (Å²) in [5.41, 5.74) is 4.86. The molecule has 0 aliphatic heterocycles. The summed E-state index contributed by atoms with van der Waals surface area (Å²) in [4.78, 5) is 2.14. The van der Waals surface area contributed by atoms with Gasteiger partial charge in [-0.15, -0.1) is 0 Å². The third-order valence-corrected chi connectivity index (χ3v) is 6.50. The summed E-state index contributed by atoms with van der Waals surface area (Å²) in [6.45, 7) is 0. The first-order valence-corrected chi connectivity index (χ1v) is 12.2. The molecule has 2 heteroatoms. The lowest BCUT2D eigenvalue weighted by atomic mass is 10.0. The van der Waals surface area contributed by atoms with Crippen LogP contribution in [0.5, 0.6) is 0 Å². The Morgan fingerprint density at radius 2 is 1.19 bits per heavy atom. The Balaban J connectivity index is 1.42. The minimum atomic E-state index is 0.175. The lowest BCUT2D eigenvalue weighted by Crippen LogP contribution is -2.09. The minimum Gasteiger partial charge on any atom is -0.310 e. The van der Waals surface area contributed by atoms with E-state index in [1.807, 2.05) is 103 Å². The van der Waals surface area contributed by atoms with E-state index in [4.69, 9.17) is 2.74 Å². The highest BCUT2D eigenvalue weighted by atomic mass is 15.1. The van der Waals surface area contributed by atoms with Crippen LogP contribution in [0.4, 0.5) is 17.1 Å². The van der Waals surface area contributed by atoms with E-state index in [1.165, 1.54) is 0 Å². The van der Waals surface area contributed by atoms with Crippen LogP contribution in [0.3, 0.4) is 0 Å². The zero-order valence-electron chi connectivity index (χ0n) is 22.1. The van der Waals surface area contributed by atoms with Crippen molar-refractivity contribution in [3.05, 3.63) is 150 Å². The van der Waals surface area contributed by atoms with Crippen LogP contribution >= 0.6 is 0 Å². The molecule has 0 aliphatic rings. The Kier molecular flexibility index (Phi) is 5.35. The van der Waals surface area contributed by atoms with Crippen LogP contribution in [-0.4, -0.2) is 0 Å². The average molecular weight is 475 g/mol. The van der Waals surface area contributed by atoms with Crippen molar-refractivity contribution in [2.75, 3.05) is 4.90 Å². The number of rotatable bonds is 5. The largest absolute Gasteiger partial charge is 0.310 e. The van der Waals surface area contributed by atoms with E-state index in [-0.39, 0.29) is 12.1 Å². The number of fused-ring (bicyclic) bond motifs is 2. The van der Waals surface area contributed by atoms with Gasteiger partial charge in [0.2, 0.25) is 0 Å². The molecule has 0 aromatic heterocycles. The molecular weight excluding hydrogens is 448 g/mol. The number of hydrogen-bond donors (Lipinski definition) is 0. The van der Waals surface area contributed by atoms with Gasteiger partial charge >= 0.3 is 0 Å². The zero-order valence-corrected chi connectivity index (χ0v) is 20.1. The van der Waals surface area contributed by atoms with Crippen LogP contribution in [0.2, 0.25) is 0 Å². The smallest absolute Gasteiger partial charge is 0.0991 e. The van der Waals surface area contributed by atoms with Crippen molar-refractivity contribution < 1.29 is 2.74 Å². The molecule has 6 aromatic carbocycles. The second kappa shape index (κ2) is 9.85. The number of benzene rings is 6. The Labute approximate surface area is 219 Å². The van der Waals surface area contributed by atoms with Crippen molar-refractivity contribution in [3.8, 4) is 6.07 Å². The maximum atomic E-state index is 9.29. The number of nitrogens with zero attached hydrogens (tertiary/aromatic N) is 2. The fourth-order valence-electron chi connectivity index (χ4n) is 4.62. The number of nitriles is 1. The molecule has 0 unspecified atom stereocenters. The summed E-state index contributed by atoms with van der Waals surface area (Å²) in [6.07, 6.45) is 0. The molecule has 37 heavy (non-hydrogen) atoms. The Bertz CT molecular complexity index is 1880. The molecule has 0 radical (unpaired) electrons. The third kappa shape index (κ3) is 4.59. The topological polar surface area (TPSA) is 27.0 Å². The molecule has 0 aliphatic carbocycles. The van der Waals surface area contributed by atoms with Crippen molar-refractivity contribution in [3.63, 3.8) is 0 Å². The molecule has 0 saturated heterocycles. The van der Waals surface area contributed by atoms with Gasteiger partial charge in [0, 0.05) is 17.1 Å². The molecule has 0 N–H and O–H groups in total.